The molecule has 2 heterocycles. The third-order valence-corrected chi connectivity index (χ3v) is 2.47. The summed E-state index contributed by atoms with van der Waals surface area (Å²) < 4.78 is 1.99. The van der Waals surface area contributed by atoms with Gasteiger partial charge < -0.3 is 5.73 Å². The molecular formula is C11H16N4. The molecule has 2 N–H and O–H groups in total. The Kier molecular flexibility index (Phi) is 1.96. The van der Waals surface area contributed by atoms with Gasteiger partial charge in [-0.3, -0.25) is 4.40 Å². The molecule has 0 bridgehead atoms. The number of fused-ring (bicyclic) bond motifs is 1. The van der Waals surface area contributed by atoms with E-state index in [-0.39, 0.29) is 5.41 Å². The summed E-state index contributed by atoms with van der Waals surface area (Å²) in [6.45, 7) is 8.35. The Morgan fingerprint density at radius 1 is 1.33 bits per heavy atom. The second-order valence-corrected chi connectivity index (χ2v) is 4.79. The fraction of sp³-hybridized carbons (Fsp3) is 0.455. The maximum atomic E-state index is 5.90. The summed E-state index contributed by atoms with van der Waals surface area (Å²) in [5, 5.41) is 0. The zero-order chi connectivity index (χ0) is 11.2. The molecular weight excluding hydrogens is 188 g/mol. The van der Waals surface area contributed by atoms with Gasteiger partial charge in [-0.1, -0.05) is 20.8 Å². The highest BCUT2D eigenvalue weighted by Crippen LogP contribution is 2.28. The van der Waals surface area contributed by atoms with Gasteiger partial charge in [-0.2, -0.15) is 0 Å². The van der Waals surface area contributed by atoms with E-state index in [1.54, 1.807) is 6.20 Å². The van der Waals surface area contributed by atoms with Crippen LogP contribution in [0.5, 0.6) is 0 Å². The van der Waals surface area contributed by atoms with E-state index < -0.39 is 0 Å². The number of rotatable bonds is 0. The van der Waals surface area contributed by atoms with E-state index >= 15 is 0 Å². The molecule has 0 atom stereocenters. The number of aryl methyl sites for hydroxylation is 1. The summed E-state index contributed by atoms with van der Waals surface area (Å²) in [6, 6.07) is 0. The lowest BCUT2D eigenvalue weighted by Gasteiger charge is -2.16. The highest BCUT2D eigenvalue weighted by Gasteiger charge is 2.23. The van der Waals surface area contributed by atoms with E-state index in [1.165, 1.54) is 0 Å². The smallest absolute Gasteiger partial charge is 0.149 e. The van der Waals surface area contributed by atoms with Crippen molar-refractivity contribution in [2.75, 3.05) is 5.73 Å². The van der Waals surface area contributed by atoms with Crippen molar-refractivity contribution < 1.29 is 0 Å². The Balaban J connectivity index is 2.88. The highest BCUT2D eigenvalue weighted by molar-refractivity contribution is 5.70. The van der Waals surface area contributed by atoms with Crippen LogP contribution < -0.4 is 5.73 Å². The molecule has 2 rings (SSSR count). The van der Waals surface area contributed by atoms with Gasteiger partial charge in [0.05, 0.1) is 5.69 Å². The van der Waals surface area contributed by atoms with Gasteiger partial charge in [0, 0.05) is 17.8 Å². The minimum Gasteiger partial charge on any atom is -0.382 e. The van der Waals surface area contributed by atoms with Crippen molar-refractivity contribution in [3.8, 4) is 0 Å². The number of hydrogen-bond donors (Lipinski definition) is 1. The first kappa shape index (κ1) is 9.96. The van der Waals surface area contributed by atoms with Crippen molar-refractivity contribution in [3.63, 3.8) is 0 Å². The lowest BCUT2D eigenvalue weighted by molar-refractivity contribution is 0.577. The summed E-state index contributed by atoms with van der Waals surface area (Å²) in [4.78, 5) is 8.68. The molecule has 4 heteroatoms. The molecule has 80 valence electrons. The predicted molar refractivity (Wildman–Crippen MR) is 60.8 cm³/mol. The number of nitrogens with two attached hydrogens (primary N) is 1. The molecule has 2 aromatic heterocycles. The molecule has 0 unspecified atom stereocenters. The molecule has 0 aromatic carbocycles. The fourth-order valence-electron chi connectivity index (χ4n) is 1.74. The zero-order valence-electron chi connectivity index (χ0n) is 9.57. The van der Waals surface area contributed by atoms with Crippen LogP contribution in [-0.4, -0.2) is 14.4 Å². The normalized spacial score (nSPS) is 12.3. The van der Waals surface area contributed by atoms with Gasteiger partial charge in [-0.05, 0) is 6.92 Å². The van der Waals surface area contributed by atoms with Crippen LogP contribution >= 0.6 is 0 Å². The summed E-state index contributed by atoms with van der Waals surface area (Å²) >= 11 is 0. The van der Waals surface area contributed by atoms with Gasteiger partial charge in [0.1, 0.15) is 17.2 Å². The Labute approximate surface area is 89.2 Å². The molecule has 0 saturated carbocycles. The second kappa shape index (κ2) is 2.95. The SMILES string of the molecule is Cc1nc(C(C)(C)C)c2c(N)nccn12. The van der Waals surface area contributed by atoms with Crippen LogP contribution in [0.15, 0.2) is 12.4 Å². The summed E-state index contributed by atoms with van der Waals surface area (Å²) in [6.07, 6.45) is 3.59. The molecule has 0 spiro atoms. The summed E-state index contributed by atoms with van der Waals surface area (Å²) in [5.74, 6) is 1.49. The van der Waals surface area contributed by atoms with Crippen LogP contribution in [0.3, 0.4) is 0 Å². The van der Waals surface area contributed by atoms with Crippen molar-refractivity contribution in [1.82, 2.24) is 14.4 Å². The van der Waals surface area contributed by atoms with Gasteiger partial charge in [-0.15, -0.1) is 0 Å². The first-order valence-electron chi connectivity index (χ1n) is 5.01. The Bertz CT molecular complexity index is 505. The van der Waals surface area contributed by atoms with Crippen LogP contribution in [0.4, 0.5) is 5.82 Å². The van der Waals surface area contributed by atoms with Gasteiger partial charge in [0.25, 0.3) is 0 Å². The van der Waals surface area contributed by atoms with E-state index in [0.29, 0.717) is 5.82 Å². The van der Waals surface area contributed by atoms with Gasteiger partial charge in [0.2, 0.25) is 0 Å². The Hall–Kier alpha value is -1.58. The lowest BCUT2D eigenvalue weighted by atomic mass is 9.91. The van der Waals surface area contributed by atoms with Crippen LogP contribution in [0.1, 0.15) is 32.3 Å². The molecule has 0 aliphatic rings. The molecule has 0 saturated heterocycles. The van der Waals surface area contributed by atoms with E-state index in [1.807, 2.05) is 17.5 Å². The van der Waals surface area contributed by atoms with E-state index in [2.05, 4.69) is 30.7 Å². The van der Waals surface area contributed by atoms with E-state index in [0.717, 1.165) is 17.0 Å². The maximum Gasteiger partial charge on any atom is 0.149 e. The minimum absolute atomic E-state index is 0.0172. The average molecular weight is 204 g/mol. The monoisotopic (exact) mass is 204 g/mol. The van der Waals surface area contributed by atoms with E-state index in [4.69, 9.17) is 5.73 Å². The molecule has 0 fully saturated rings. The Morgan fingerprint density at radius 3 is 2.60 bits per heavy atom. The number of hydrogen-bond acceptors (Lipinski definition) is 3. The van der Waals surface area contributed by atoms with Crippen LogP contribution in [0.2, 0.25) is 0 Å². The topological polar surface area (TPSA) is 56.2 Å². The first-order valence-corrected chi connectivity index (χ1v) is 5.01. The van der Waals surface area contributed by atoms with Gasteiger partial charge in [0.15, 0.2) is 0 Å². The lowest BCUT2D eigenvalue weighted by Crippen LogP contribution is -2.13. The number of nitrogens with zero attached hydrogens (tertiary/aromatic N) is 3. The van der Waals surface area contributed by atoms with Crippen molar-refractivity contribution in [3.05, 3.63) is 23.9 Å². The third kappa shape index (κ3) is 1.46. The number of anilines is 1. The third-order valence-electron chi connectivity index (χ3n) is 2.47. The predicted octanol–water partition coefficient (Wildman–Crippen LogP) is 1.92. The number of aromatic nitrogens is 3. The molecule has 0 amide bonds. The molecule has 4 nitrogen and oxygen atoms in total. The molecule has 0 radical (unpaired) electrons. The second-order valence-electron chi connectivity index (χ2n) is 4.79. The van der Waals surface area contributed by atoms with Crippen molar-refractivity contribution in [2.24, 2.45) is 0 Å². The van der Waals surface area contributed by atoms with Crippen molar-refractivity contribution in [1.29, 1.82) is 0 Å². The van der Waals surface area contributed by atoms with Gasteiger partial charge in [-0.25, -0.2) is 9.97 Å². The summed E-state index contributed by atoms with van der Waals surface area (Å²) in [7, 11) is 0. The first-order chi connectivity index (χ1) is 6.91. The van der Waals surface area contributed by atoms with Crippen LogP contribution in [-0.2, 0) is 5.41 Å². The van der Waals surface area contributed by atoms with Crippen molar-refractivity contribution >= 4 is 11.3 Å². The highest BCUT2D eigenvalue weighted by atomic mass is 15.1. The molecule has 0 aliphatic heterocycles. The summed E-state index contributed by atoms with van der Waals surface area (Å²) in [5.41, 5.74) is 7.82. The largest absolute Gasteiger partial charge is 0.382 e. The molecule has 2 aromatic rings. The average Bonchev–Trinajstić information content (AvgIpc) is 2.45. The standard InChI is InChI=1S/C11H16N4/c1-7-14-9(11(2,3)4)8-10(12)13-5-6-15(7)8/h5-6H,1-4H3,(H2,12,13). The van der Waals surface area contributed by atoms with E-state index in [9.17, 15) is 0 Å². The number of nitrogen functional groups attached to an aromatic ring is 1. The van der Waals surface area contributed by atoms with Crippen LogP contribution in [0, 0.1) is 6.92 Å². The number of imidazole rings is 1. The van der Waals surface area contributed by atoms with Crippen molar-refractivity contribution in [2.45, 2.75) is 33.1 Å². The quantitative estimate of drug-likeness (QED) is 0.713. The zero-order valence-corrected chi connectivity index (χ0v) is 9.57. The Morgan fingerprint density at radius 2 is 2.00 bits per heavy atom. The molecule has 15 heavy (non-hydrogen) atoms. The minimum atomic E-state index is -0.0172. The fourth-order valence-corrected chi connectivity index (χ4v) is 1.74. The maximum absolute atomic E-state index is 5.90. The van der Waals surface area contributed by atoms with Crippen LogP contribution in [0.25, 0.3) is 5.52 Å². The molecule has 0 aliphatic carbocycles. The van der Waals surface area contributed by atoms with Gasteiger partial charge >= 0.3 is 0 Å².